The molecule has 0 saturated heterocycles. The van der Waals surface area contributed by atoms with Crippen molar-refractivity contribution in [2.24, 2.45) is 0 Å². The van der Waals surface area contributed by atoms with Gasteiger partial charge in [0.2, 0.25) is 0 Å². The Balaban J connectivity index is 2.04. The molecule has 0 aliphatic carbocycles. The fourth-order valence-electron chi connectivity index (χ4n) is 2.25. The Morgan fingerprint density at radius 3 is 2.90 bits per heavy atom. The lowest BCUT2D eigenvalue weighted by Crippen LogP contribution is -2.09. The van der Waals surface area contributed by atoms with Crippen LogP contribution in [0.5, 0.6) is 0 Å². The third-order valence-electron chi connectivity index (χ3n) is 3.21. The first-order chi connectivity index (χ1) is 10.3. The molecule has 4 nitrogen and oxygen atoms in total. The van der Waals surface area contributed by atoms with Gasteiger partial charge >= 0.3 is 0 Å². The summed E-state index contributed by atoms with van der Waals surface area (Å²) in [6, 6.07) is 6.18. The van der Waals surface area contributed by atoms with Gasteiger partial charge in [0.05, 0.1) is 24.2 Å². The molecular weight excluding hydrogens is 356 g/mol. The molecule has 0 radical (unpaired) electrons. The molecule has 0 aliphatic heterocycles. The number of imidazole rings is 1. The molecule has 0 aliphatic rings. The van der Waals surface area contributed by atoms with Gasteiger partial charge in [0.1, 0.15) is 5.82 Å². The Labute approximate surface area is 138 Å². The van der Waals surface area contributed by atoms with E-state index in [1.165, 1.54) is 0 Å². The highest BCUT2D eigenvalue weighted by Crippen LogP contribution is 2.21. The number of ether oxygens (including phenoxy) is 2. The summed E-state index contributed by atoms with van der Waals surface area (Å²) in [6.07, 6.45) is 1.72. The number of rotatable bonds is 9. The highest BCUT2D eigenvalue weighted by Gasteiger charge is 2.10. The third kappa shape index (κ3) is 4.68. The number of fused-ring (bicyclic) bond motifs is 1. The van der Waals surface area contributed by atoms with E-state index in [9.17, 15) is 0 Å². The van der Waals surface area contributed by atoms with E-state index in [2.05, 4.69) is 31.5 Å². The molecule has 116 valence electrons. The van der Waals surface area contributed by atoms with Gasteiger partial charge in [0.25, 0.3) is 0 Å². The van der Waals surface area contributed by atoms with Crippen molar-refractivity contribution in [3.63, 3.8) is 0 Å². The number of aryl methyl sites for hydroxylation is 2. The van der Waals surface area contributed by atoms with Crippen LogP contribution in [-0.2, 0) is 22.4 Å². The summed E-state index contributed by atoms with van der Waals surface area (Å²) in [6.45, 7) is 2.89. The Hall–Kier alpha value is -0.620. The molecular formula is C15H20BrClN2O2. The van der Waals surface area contributed by atoms with E-state index in [4.69, 9.17) is 21.1 Å². The maximum Gasteiger partial charge on any atom is 0.111 e. The Kier molecular flexibility index (Phi) is 6.96. The average molecular weight is 376 g/mol. The smallest absolute Gasteiger partial charge is 0.111 e. The van der Waals surface area contributed by atoms with E-state index in [1.807, 2.05) is 12.1 Å². The van der Waals surface area contributed by atoms with E-state index < -0.39 is 0 Å². The van der Waals surface area contributed by atoms with Gasteiger partial charge in [-0.1, -0.05) is 15.9 Å². The lowest BCUT2D eigenvalue weighted by atomic mass is 10.3. The average Bonchev–Trinajstić information content (AvgIpc) is 2.80. The predicted octanol–water partition coefficient (Wildman–Crippen LogP) is 3.63. The van der Waals surface area contributed by atoms with E-state index in [0.29, 0.717) is 19.1 Å². The zero-order valence-corrected chi connectivity index (χ0v) is 14.5. The molecule has 1 heterocycles. The highest BCUT2D eigenvalue weighted by atomic mass is 79.9. The predicted molar refractivity (Wildman–Crippen MR) is 89.2 cm³/mol. The first kappa shape index (κ1) is 16.7. The van der Waals surface area contributed by atoms with Gasteiger partial charge < -0.3 is 14.0 Å². The second-order valence-corrected chi connectivity index (χ2v) is 6.00. The van der Waals surface area contributed by atoms with Crippen molar-refractivity contribution in [2.75, 3.05) is 32.8 Å². The molecule has 2 rings (SSSR count). The Morgan fingerprint density at radius 2 is 2.14 bits per heavy atom. The summed E-state index contributed by atoms with van der Waals surface area (Å²) >= 11 is 9.37. The maximum absolute atomic E-state index is 5.88. The Morgan fingerprint density at radius 1 is 1.29 bits per heavy atom. The quantitative estimate of drug-likeness (QED) is 0.496. The molecule has 0 N–H and O–H groups in total. The third-order valence-corrected chi connectivity index (χ3v) is 3.89. The second-order valence-electron chi connectivity index (χ2n) is 4.71. The summed E-state index contributed by atoms with van der Waals surface area (Å²) in [7, 11) is 1.68. The summed E-state index contributed by atoms with van der Waals surface area (Å²) in [5.41, 5.74) is 2.15. The molecule has 0 unspecified atom stereocenters. The maximum atomic E-state index is 5.88. The zero-order chi connectivity index (χ0) is 15.1. The topological polar surface area (TPSA) is 36.3 Å². The number of aromatic nitrogens is 2. The molecule has 21 heavy (non-hydrogen) atoms. The lowest BCUT2D eigenvalue weighted by molar-refractivity contribution is 0.0680. The van der Waals surface area contributed by atoms with Gasteiger partial charge in [-0.3, -0.25) is 0 Å². The molecule has 0 spiro atoms. The van der Waals surface area contributed by atoms with Crippen LogP contribution in [0.25, 0.3) is 11.0 Å². The minimum Gasteiger partial charge on any atom is -0.382 e. The molecule has 0 amide bonds. The van der Waals surface area contributed by atoms with Crippen LogP contribution < -0.4 is 0 Å². The van der Waals surface area contributed by atoms with E-state index in [-0.39, 0.29) is 0 Å². The minimum atomic E-state index is 0.578. The first-order valence-corrected chi connectivity index (χ1v) is 8.36. The van der Waals surface area contributed by atoms with Gasteiger partial charge in [-0.05, 0) is 24.6 Å². The van der Waals surface area contributed by atoms with Crippen molar-refractivity contribution < 1.29 is 9.47 Å². The van der Waals surface area contributed by atoms with Crippen LogP contribution >= 0.6 is 27.5 Å². The van der Waals surface area contributed by atoms with Crippen LogP contribution in [0.4, 0.5) is 0 Å². The Bertz CT molecular complexity index is 574. The summed E-state index contributed by atoms with van der Waals surface area (Å²) in [5.74, 6) is 1.62. The van der Waals surface area contributed by atoms with E-state index in [1.54, 1.807) is 7.11 Å². The van der Waals surface area contributed by atoms with Crippen LogP contribution in [0.15, 0.2) is 22.7 Å². The zero-order valence-electron chi connectivity index (χ0n) is 12.1. The molecule has 0 bridgehead atoms. The second kappa shape index (κ2) is 8.73. The SMILES string of the molecule is COCCOCCCn1c(CCCl)nc2cc(Br)ccc21. The molecule has 1 aromatic carbocycles. The molecule has 6 heteroatoms. The largest absolute Gasteiger partial charge is 0.382 e. The van der Waals surface area contributed by atoms with Crippen molar-refractivity contribution in [1.29, 1.82) is 0 Å². The van der Waals surface area contributed by atoms with Crippen molar-refractivity contribution in [3.8, 4) is 0 Å². The van der Waals surface area contributed by atoms with E-state index in [0.717, 1.165) is 47.3 Å². The lowest BCUT2D eigenvalue weighted by Gasteiger charge is -2.09. The van der Waals surface area contributed by atoms with Crippen LogP contribution in [-0.4, -0.2) is 42.4 Å². The fraction of sp³-hybridized carbons (Fsp3) is 0.533. The molecule has 2 aromatic rings. The van der Waals surface area contributed by atoms with Crippen molar-refractivity contribution in [2.45, 2.75) is 19.4 Å². The van der Waals surface area contributed by atoms with Crippen LogP contribution in [0.2, 0.25) is 0 Å². The van der Waals surface area contributed by atoms with Crippen molar-refractivity contribution in [3.05, 3.63) is 28.5 Å². The highest BCUT2D eigenvalue weighted by molar-refractivity contribution is 9.10. The van der Waals surface area contributed by atoms with Crippen molar-refractivity contribution in [1.82, 2.24) is 9.55 Å². The standard InChI is InChI=1S/C15H20BrClN2O2/c1-20-9-10-21-8-2-7-19-14-4-3-12(16)11-13(14)18-15(19)5-6-17/h3-4,11H,2,5-10H2,1H3. The molecule has 1 aromatic heterocycles. The van der Waals surface area contributed by atoms with Gasteiger partial charge in [0.15, 0.2) is 0 Å². The van der Waals surface area contributed by atoms with E-state index >= 15 is 0 Å². The fourth-order valence-corrected chi connectivity index (χ4v) is 2.76. The monoisotopic (exact) mass is 374 g/mol. The number of hydrogen-bond donors (Lipinski definition) is 0. The van der Waals surface area contributed by atoms with Crippen LogP contribution in [0.1, 0.15) is 12.2 Å². The number of hydrogen-bond acceptors (Lipinski definition) is 3. The number of methoxy groups -OCH3 is 1. The van der Waals surface area contributed by atoms with Gasteiger partial charge in [0, 0.05) is 37.0 Å². The summed E-state index contributed by atoms with van der Waals surface area (Å²) in [5, 5.41) is 0. The minimum absolute atomic E-state index is 0.578. The van der Waals surface area contributed by atoms with Gasteiger partial charge in [-0.15, -0.1) is 11.6 Å². The molecule has 0 saturated carbocycles. The van der Waals surface area contributed by atoms with Gasteiger partial charge in [-0.25, -0.2) is 4.98 Å². The van der Waals surface area contributed by atoms with Crippen LogP contribution in [0, 0.1) is 0 Å². The van der Waals surface area contributed by atoms with Crippen LogP contribution in [0.3, 0.4) is 0 Å². The number of alkyl halides is 1. The summed E-state index contributed by atoms with van der Waals surface area (Å²) in [4.78, 5) is 4.68. The number of halogens is 2. The number of nitrogens with zero attached hydrogens (tertiary/aromatic N) is 2. The summed E-state index contributed by atoms with van der Waals surface area (Å²) < 4.78 is 13.7. The molecule has 0 fully saturated rings. The van der Waals surface area contributed by atoms with Crippen molar-refractivity contribution >= 4 is 38.6 Å². The first-order valence-electron chi connectivity index (χ1n) is 7.03. The normalized spacial score (nSPS) is 11.4. The molecule has 0 atom stereocenters. The number of benzene rings is 1. The van der Waals surface area contributed by atoms with Gasteiger partial charge in [-0.2, -0.15) is 0 Å².